The van der Waals surface area contributed by atoms with Crippen LogP contribution in [0.15, 0.2) is 29.0 Å². The number of hydrogen-bond donors (Lipinski definition) is 1. The van der Waals surface area contributed by atoms with Crippen LogP contribution in [0.25, 0.3) is 0 Å². The van der Waals surface area contributed by atoms with Gasteiger partial charge in [0.05, 0.1) is 6.54 Å². The lowest BCUT2D eigenvalue weighted by Crippen LogP contribution is -2.17. The molecule has 2 heterocycles. The summed E-state index contributed by atoms with van der Waals surface area (Å²) < 4.78 is 12.3. The molecule has 0 spiro atoms. The Morgan fingerprint density at radius 1 is 1.53 bits per heavy atom. The fourth-order valence-corrected chi connectivity index (χ4v) is 2.07. The predicted octanol–water partition coefficient (Wildman–Crippen LogP) is 2.34. The fourth-order valence-electron chi connectivity index (χ4n) is 2.07. The van der Waals surface area contributed by atoms with Crippen LogP contribution >= 0.6 is 0 Å². The molecule has 0 aliphatic rings. The lowest BCUT2D eigenvalue weighted by molar-refractivity contribution is 0.155. The second kappa shape index (κ2) is 6.54. The molecular formula is C14H21N3O2. The second-order valence-corrected chi connectivity index (χ2v) is 4.61. The molecule has 2 rings (SSSR count). The van der Waals surface area contributed by atoms with Crippen LogP contribution in [0.3, 0.4) is 0 Å². The zero-order valence-corrected chi connectivity index (χ0v) is 11.7. The highest BCUT2D eigenvalue weighted by molar-refractivity contribution is 5.16. The summed E-state index contributed by atoms with van der Waals surface area (Å²) in [6.45, 7) is 6.42. The van der Waals surface area contributed by atoms with Gasteiger partial charge in [-0.3, -0.25) is 0 Å². The molecule has 104 valence electrons. The SMILES string of the molecule is CCNC(C)c1ccn(Cc2cc(COC)on2)c1. The Balaban J connectivity index is 1.98. The van der Waals surface area contributed by atoms with Crippen molar-refractivity contribution in [3.05, 3.63) is 41.5 Å². The predicted molar refractivity (Wildman–Crippen MR) is 72.8 cm³/mol. The van der Waals surface area contributed by atoms with E-state index in [9.17, 15) is 0 Å². The van der Waals surface area contributed by atoms with Crippen molar-refractivity contribution in [3.8, 4) is 0 Å². The molecule has 0 amide bonds. The van der Waals surface area contributed by atoms with E-state index in [-0.39, 0.29) is 0 Å². The summed E-state index contributed by atoms with van der Waals surface area (Å²) in [6, 6.07) is 4.42. The molecule has 0 saturated heterocycles. The maximum absolute atomic E-state index is 5.17. The highest BCUT2D eigenvalue weighted by Crippen LogP contribution is 2.14. The van der Waals surface area contributed by atoms with E-state index in [1.54, 1.807) is 7.11 Å². The molecule has 19 heavy (non-hydrogen) atoms. The minimum Gasteiger partial charge on any atom is -0.377 e. The molecule has 1 unspecified atom stereocenters. The minimum absolute atomic E-state index is 0.368. The molecule has 5 nitrogen and oxygen atoms in total. The summed E-state index contributed by atoms with van der Waals surface area (Å²) in [6.07, 6.45) is 4.20. The Hall–Kier alpha value is -1.59. The largest absolute Gasteiger partial charge is 0.377 e. The number of nitrogens with one attached hydrogen (secondary N) is 1. The third-order valence-electron chi connectivity index (χ3n) is 3.02. The van der Waals surface area contributed by atoms with Gasteiger partial charge in [0.1, 0.15) is 12.3 Å². The van der Waals surface area contributed by atoms with E-state index in [0.29, 0.717) is 19.2 Å². The lowest BCUT2D eigenvalue weighted by atomic mass is 10.2. The summed E-state index contributed by atoms with van der Waals surface area (Å²) in [5.41, 5.74) is 2.19. The Labute approximate surface area is 113 Å². The summed E-state index contributed by atoms with van der Waals surface area (Å²) in [5.74, 6) is 0.755. The Morgan fingerprint density at radius 3 is 3.11 bits per heavy atom. The normalized spacial score (nSPS) is 12.8. The van der Waals surface area contributed by atoms with Crippen LogP contribution in [-0.2, 0) is 17.9 Å². The molecule has 1 atom stereocenters. The first-order valence-electron chi connectivity index (χ1n) is 6.55. The molecule has 0 aliphatic heterocycles. The van der Waals surface area contributed by atoms with Crippen molar-refractivity contribution in [2.45, 2.75) is 33.0 Å². The van der Waals surface area contributed by atoms with Crippen molar-refractivity contribution < 1.29 is 9.26 Å². The Kier molecular flexibility index (Phi) is 4.76. The Morgan fingerprint density at radius 2 is 2.37 bits per heavy atom. The van der Waals surface area contributed by atoms with Crippen LogP contribution in [0, 0.1) is 0 Å². The fraction of sp³-hybridized carbons (Fsp3) is 0.500. The van der Waals surface area contributed by atoms with Crippen LogP contribution < -0.4 is 5.32 Å². The molecule has 2 aromatic rings. The van der Waals surface area contributed by atoms with Gasteiger partial charge >= 0.3 is 0 Å². The standard InChI is InChI=1S/C14H21N3O2/c1-4-15-11(2)12-5-6-17(8-12)9-13-7-14(10-18-3)19-16-13/h5-8,11,15H,4,9-10H2,1-3H3. The molecule has 5 heteroatoms. The van der Waals surface area contributed by atoms with Gasteiger partial charge in [-0.1, -0.05) is 12.1 Å². The Bertz CT molecular complexity index is 504. The first-order chi connectivity index (χ1) is 9.22. The van der Waals surface area contributed by atoms with Crippen molar-refractivity contribution in [1.82, 2.24) is 15.0 Å². The zero-order chi connectivity index (χ0) is 13.7. The average molecular weight is 263 g/mol. The topological polar surface area (TPSA) is 52.2 Å². The highest BCUT2D eigenvalue weighted by atomic mass is 16.5. The van der Waals surface area contributed by atoms with Crippen LogP contribution in [-0.4, -0.2) is 23.4 Å². The first-order valence-corrected chi connectivity index (χ1v) is 6.55. The van der Waals surface area contributed by atoms with Gasteiger partial charge in [0.15, 0.2) is 5.76 Å². The number of ether oxygens (including phenoxy) is 1. The van der Waals surface area contributed by atoms with Crippen molar-refractivity contribution in [3.63, 3.8) is 0 Å². The molecule has 0 aliphatic carbocycles. The van der Waals surface area contributed by atoms with Crippen molar-refractivity contribution in [2.24, 2.45) is 0 Å². The summed E-state index contributed by atoms with van der Waals surface area (Å²) in [7, 11) is 1.64. The van der Waals surface area contributed by atoms with E-state index in [4.69, 9.17) is 9.26 Å². The average Bonchev–Trinajstić information content (AvgIpc) is 3.00. The summed E-state index contributed by atoms with van der Waals surface area (Å²) in [4.78, 5) is 0. The van der Waals surface area contributed by atoms with Gasteiger partial charge in [0, 0.05) is 31.6 Å². The third-order valence-corrected chi connectivity index (χ3v) is 3.02. The number of aromatic nitrogens is 2. The quantitative estimate of drug-likeness (QED) is 0.833. The summed E-state index contributed by atoms with van der Waals surface area (Å²) >= 11 is 0. The number of hydrogen-bond acceptors (Lipinski definition) is 4. The first kappa shape index (κ1) is 13.8. The molecule has 0 fully saturated rings. The van der Waals surface area contributed by atoms with E-state index < -0.39 is 0 Å². The van der Waals surface area contributed by atoms with Crippen LogP contribution in [0.2, 0.25) is 0 Å². The van der Waals surface area contributed by atoms with Crippen molar-refractivity contribution in [2.75, 3.05) is 13.7 Å². The van der Waals surface area contributed by atoms with Gasteiger partial charge < -0.3 is 19.1 Å². The van der Waals surface area contributed by atoms with E-state index in [0.717, 1.165) is 18.0 Å². The number of rotatable bonds is 7. The maximum Gasteiger partial charge on any atom is 0.162 e. The van der Waals surface area contributed by atoms with E-state index in [1.807, 2.05) is 6.07 Å². The van der Waals surface area contributed by atoms with Crippen LogP contribution in [0.1, 0.15) is 36.9 Å². The van der Waals surface area contributed by atoms with Crippen molar-refractivity contribution in [1.29, 1.82) is 0 Å². The molecule has 0 bridgehead atoms. The second-order valence-electron chi connectivity index (χ2n) is 4.61. The lowest BCUT2D eigenvalue weighted by Gasteiger charge is -2.09. The molecule has 0 radical (unpaired) electrons. The van der Waals surface area contributed by atoms with E-state index >= 15 is 0 Å². The molecule has 0 saturated carbocycles. The molecule has 1 N–H and O–H groups in total. The van der Waals surface area contributed by atoms with Gasteiger partial charge in [-0.25, -0.2) is 0 Å². The van der Waals surface area contributed by atoms with Crippen LogP contribution in [0.4, 0.5) is 0 Å². The smallest absolute Gasteiger partial charge is 0.162 e. The van der Waals surface area contributed by atoms with Crippen molar-refractivity contribution >= 4 is 0 Å². The van der Waals surface area contributed by atoms with Gasteiger partial charge in [0.2, 0.25) is 0 Å². The highest BCUT2D eigenvalue weighted by Gasteiger charge is 2.08. The van der Waals surface area contributed by atoms with E-state index in [2.05, 4.69) is 47.3 Å². The van der Waals surface area contributed by atoms with Crippen LogP contribution in [0.5, 0.6) is 0 Å². The maximum atomic E-state index is 5.17. The zero-order valence-electron chi connectivity index (χ0n) is 11.7. The number of nitrogens with zero attached hydrogens (tertiary/aromatic N) is 2. The molecular weight excluding hydrogens is 242 g/mol. The molecule has 0 aromatic carbocycles. The number of methoxy groups -OCH3 is 1. The van der Waals surface area contributed by atoms with Gasteiger partial charge in [-0.15, -0.1) is 0 Å². The third kappa shape index (κ3) is 3.68. The van der Waals surface area contributed by atoms with Gasteiger partial charge in [-0.05, 0) is 25.1 Å². The molecule has 2 aromatic heterocycles. The summed E-state index contributed by atoms with van der Waals surface area (Å²) in [5, 5.41) is 7.42. The minimum atomic E-state index is 0.368. The van der Waals surface area contributed by atoms with E-state index in [1.165, 1.54) is 5.56 Å². The monoisotopic (exact) mass is 263 g/mol. The van der Waals surface area contributed by atoms with Gasteiger partial charge in [-0.2, -0.15) is 0 Å². The van der Waals surface area contributed by atoms with Gasteiger partial charge in [0.25, 0.3) is 0 Å².